The van der Waals surface area contributed by atoms with Gasteiger partial charge in [-0.15, -0.1) is 0 Å². The number of nitrogens with one attached hydrogen (secondary N) is 2. The Balaban J connectivity index is 1.71. The van der Waals surface area contributed by atoms with Crippen LogP contribution in [0.3, 0.4) is 0 Å². The molecule has 0 aliphatic heterocycles. The SMILES string of the molecule is FC(F)(F)c1ccc2nc(-c3cc(-c4ccc(Cl)cc4)n[nH]3)[nH]c2c1. The van der Waals surface area contributed by atoms with Crippen molar-refractivity contribution in [2.45, 2.75) is 6.18 Å². The van der Waals surface area contributed by atoms with E-state index < -0.39 is 11.7 Å². The summed E-state index contributed by atoms with van der Waals surface area (Å²) < 4.78 is 38.4. The first-order valence-corrected chi connectivity index (χ1v) is 7.67. The lowest BCUT2D eigenvalue weighted by molar-refractivity contribution is -0.137. The Kier molecular flexibility index (Phi) is 3.54. The molecule has 0 atom stereocenters. The normalized spacial score (nSPS) is 12.0. The number of halogens is 4. The van der Waals surface area contributed by atoms with E-state index in [0.29, 0.717) is 33.3 Å². The van der Waals surface area contributed by atoms with Crippen molar-refractivity contribution in [1.29, 1.82) is 0 Å². The summed E-state index contributed by atoms with van der Waals surface area (Å²) in [6.07, 6.45) is -4.39. The maximum Gasteiger partial charge on any atom is 0.416 e. The highest BCUT2D eigenvalue weighted by Crippen LogP contribution is 2.32. The van der Waals surface area contributed by atoms with Crippen LogP contribution < -0.4 is 0 Å². The second-order valence-electron chi connectivity index (χ2n) is 5.49. The largest absolute Gasteiger partial charge is 0.416 e. The second kappa shape index (κ2) is 5.63. The van der Waals surface area contributed by atoms with Gasteiger partial charge in [-0.05, 0) is 36.4 Å². The highest BCUT2D eigenvalue weighted by molar-refractivity contribution is 6.30. The number of benzene rings is 2. The van der Waals surface area contributed by atoms with Gasteiger partial charge < -0.3 is 4.98 Å². The molecule has 8 heteroatoms. The molecule has 0 bridgehead atoms. The van der Waals surface area contributed by atoms with E-state index in [2.05, 4.69) is 20.2 Å². The fraction of sp³-hybridized carbons (Fsp3) is 0.0588. The molecule has 25 heavy (non-hydrogen) atoms. The molecule has 4 aromatic rings. The predicted octanol–water partition coefficient (Wildman–Crippen LogP) is 5.29. The van der Waals surface area contributed by atoms with Crippen molar-refractivity contribution in [3.8, 4) is 22.8 Å². The fourth-order valence-electron chi connectivity index (χ4n) is 2.53. The van der Waals surface area contributed by atoms with Crippen molar-refractivity contribution in [3.05, 3.63) is 59.1 Å². The maximum atomic E-state index is 12.8. The molecule has 0 radical (unpaired) electrons. The van der Waals surface area contributed by atoms with Gasteiger partial charge in [0.2, 0.25) is 0 Å². The van der Waals surface area contributed by atoms with Crippen molar-refractivity contribution >= 4 is 22.6 Å². The third kappa shape index (κ3) is 2.98. The van der Waals surface area contributed by atoms with Crippen LogP contribution in [0, 0.1) is 0 Å². The molecule has 0 fully saturated rings. The standard InChI is InChI=1S/C17H10ClF3N4/c18-11-4-1-9(2-5-11)13-8-15(25-24-13)16-22-12-6-3-10(17(19,20)21)7-14(12)23-16/h1-8H,(H,22,23)(H,24,25). The molecule has 4 nitrogen and oxygen atoms in total. The van der Waals surface area contributed by atoms with E-state index in [0.717, 1.165) is 17.7 Å². The highest BCUT2D eigenvalue weighted by Gasteiger charge is 2.30. The first kappa shape index (κ1) is 15.7. The minimum absolute atomic E-state index is 0.312. The van der Waals surface area contributed by atoms with Gasteiger partial charge in [-0.2, -0.15) is 18.3 Å². The zero-order valence-electron chi connectivity index (χ0n) is 12.5. The summed E-state index contributed by atoms with van der Waals surface area (Å²) in [7, 11) is 0. The van der Waals surface area contributed by atoms with Gasteiger partial charge in [0.15, 0.2) is 5.82 Å². The molecule has 0 saturated carbocycles. The Hall–Kier alpha value is -2.80. The van der Waals surface area contributed by atoms with E-state index in [4.69, 9.17) is 11.6 Å². The minimum Gasteiger partial charge on any atom is -0.337 e. The van der Waals surface area contributed by atoms with E-state index in [9.17, 15) is 13.2 Å². The highest BCUT2D eigenvalue weighted by atomic mass is 35.5. The lowest BCUT2D eigenvalue weighted by Crippen LogP contribution is -2.04. The first-order chi connectivity index (χ1) is 11.9. The molecular formula is C17H10ClF3N4. The Bertz CT molecular complexity index is 1050. The average Bonchev–Trinajstić information content (AvgIpc) is 3.20. The van der Waals surface area contributed by atoms with Crippen LogP contribution in [-0.2, 0) is 6.18 Å². The Morgan fingerprint density at radius 3 is 2.44 bits per heavy atom. The molecule has 0 spiro atoms. The zero-order valence-corrected chi connectivity index (χ0v) is 13.3. The Morgan fingerprint density at radius 2 is 1.72 bits per heavy atom. The summed E-state index contributed by atoms with van der Waals surface area (Å²) in [4.78, 5) is 7.21. The third-order valence-electron chi connectivity index (χ3n) is 3.78. The number of hydrogen-bond acceptors (Lipinski definition) is 2. The monoisotopic (exact) mass is 362 g/mol. The predicted molar refractivity (Wildman–Crippen MR) is 89.1 cm³/mol. The van der Waals surface area contributed by atoms with Crippen LogP contribution in [0.2, 0.25) is 5.02 Å². The molecule has 0 unspecified atom stereocenters. The van der Waals surface area contributed by atoms with Crippen molar-refractivity contribution in [1.82, 2.24) is 20.2 Å². The smallest absolute Gasteiger partial charge is 0.337 e. The third-order valence-corrected chi connectivity index (χ3v) is 4.03. The molecule has 0 saturated heterocycles. The van der Waals surface area contributed by atoms with Gasteiger partial charge in [0.05, 0.1) is 22.3 Å². The van der Waals surface area contributed by atoms with Crippen LogP contribution in [0.1, 0.15) is 5.56 Å². The van der Waals surface area contributed by atoms with E-state index in [1.165, 1.54) is 6.07 Å². The van der Waals surface area contributed by atoms with E-state index in [-0.39, 0.29) is 0 Å². The number of alkyl halides is 3. The van der Waals surface area contributed by atoms with Gasteiger partial charge in [0.1, 0.15) is 5.69 Å². The van der Waals surface area contributed by atoms with Crippen LogP contribution in [0.5, 0.6) is 0 Å². The number of imidazole rings is 1. The van der Waals surface area contributed by atoms with Crippen molar-refractivity contribution in [2.24, 2.45) is 0 Å². The molecule has 0 aliphatic carbocycles. The summed E-state index contributed by atoms with van der Waals surface area (Å²) in [5.41, 5.74) is 2.17. The fourth-order valence-corrected chi connectivity index (χ4v) is 2.65. The van der Waals surface area contributed by atoms with E-state index in [1.54, 1.807) is 18.2 Å². The van der Waals surface area contributed by atoms with Gasteiger partial charge in [0.25, 0.3) is 0 Å². The molecular weight excluding hydrogens is 353 g/mol. The lowest BCUT2D eigenvalue weighted by Gasteiger charge is -2.05. The zero-order chi connectivity index (χ0) is 17.6. The van der Waals surface area contributed by atoms with Gasteiger partial charge in [0, 0.05) is 10.6 Å². The van der Waals surface area contributed by atoms with Crippen molar-refractivity contribution < 1.29 is 13.2 Å². The molecule has 126 valence electrons. The molecule has 0 amide bonds. The Morgan fingerprint density at radius 1 is 0.960 bits per heavy atom. The van der Waals surface area contributed by atoms with Crippen LogP contribution in [-0.4, -0.2) is 20.2 Å². The summed E-state index contributed by atoms with van der Waals surface area (Å²) in [5, 5.41) is 7.68. The molecule has 2 aromatic carbocycles. The van der Waals surface area contributed by atoms with Crippen LogP contribution in [0.25, 0.3) is 33.8 Å². The van der Waals surface area contributed by atoms with Crippen LogP contribution in [0.15, 0.2) is 48.5 Å². The summed E-state index contributed by atoms with van der Waals surface area (Å²) in [5.74, 6) is 0.419. The van der Waals surface area contributed by atoms with Gasteiger partial charge in [-0.1, -0.05) is 23.7 Å². The minimum atomic E-state index is -4.39. The second-order valence-corrected chi connectivity index (χ2v) is 5.93. The average molecular weight is 363 g/mol. The van der Waals surface area contributed by atoms with Gasteiger partial charge in [-0.25, -0.2) is 4.98 Å². The molecule has 2 N–H and O–H groups in total. The topological polar surface area (TPSA) is 57.4 Å². The summed E-state index contributed by atoms with van der Waals surface area (Å²) >= 11 is 5.87. The number of aromatic amines is 2. The number of H-pyrrole nitrogens is 2. The van der Waals surface area contributed by atoms with E-state index >= 15 is 0 Å². The number of rotatable bonds is 2. The van der Waals surface area contributed by atoms with Gasteiger partial charge >= 0.3 is 6.18 Å². The molecule has 0 aliphatic rings. The number of fused-ring (bicyclic) bond motifs is 1. The molecule has 2 aromatic heterocycles. The lowest BCUT2D eigenvalue weighted by atomic mass is 10.1. The maximum absolute atomic E-state index is 12.8. The van der Waals surface area contributed by atoms with Crippen molar-refractivity contribution in [3.63, 3.8) is 0 Å². The Labute approximate surface area is 144 Å². The molecule has 2 heterocycles. The van der Waals surface area contributed by atoms with Crippen LogP contribution >= 0.6 is 11.6 Å². The quantitative estimate of drug-likeness (QED) is 0.509. The van der Waals surface area contributed by atoms with Crippen LogP contribution in [0.4, 0.5) is 13.2 Å². The van der Waals surface area contributed by atoms with Gasteiger partial charge in [-0.3, -0.25) is 5.10 Å². The number of nitrogens with zero attached hydrogens (tertiary/aromatic N) is 2. The number of aromatic nitrogens is 4. The molecule has 4 rings (SSSR count). The van der Waals surface area contributed by atoms with Crippen molar-refractivity contribution in [2.75, 3.05) is 0 Å². The number of hydrogen-bond donors (Lipinski definition) is 2. The summed E-state index contributed by atoms with van der Waals surface area (Å²) in [6.45, 7) is 0. The van der Waals surface area contributed by atoms with E-state index in [1.807, 2.05) is 12.1 Å². The first-order valence-electron chi connectivity index (χ1n) is 7.29. The summed E-state index contributed by atoms with van der Waals surface area (Å²) in [6, 6.07) is 12.3.